The Kier molecular flexibility index (Phi) is 3.37. The van der Waals surface area contributed by atoms with Crippen molar-refractivity contribution in [1.82, 2.24) is 10.2 Å². The van der Waals surface area contributed by atoms with E-state index in [1.807, 2.05) is 0 Å². The maximum atomic E-state index is 12.6. The Morgan fingerprint density at radius 3 is 2.59 bits per heavy atom. The van der Waals surface area contributed by atoms with Crippen molar-refractivity contribution < 1.29 is 4.79 Å². The summed E-state index contributed by atoms with van der Waals surface area (Å²) in [5.74, 6) is 1.62. The number of carbonyl (C=O) groups is 1. The molecule has 2 aliphatic heterocycles. The third-order valence-electron chi connectivity index (χ3n) is 4.96. The van der Waals surface area contributed by atoms with Crippen LogP contribution in [0.3, 0.4) is 0 Å². The highest BCUT2D eigenvalue weighted by Crippen LogP contribution is 2.37. The third kappa shape index (κ3) is 2.22. The number of carbonyl (C=O) groups excluding carboxylic acids is 1. The highest BCUT2D eigenvalue weighted by Gasteiger charge is 2.39. The maximum absolute atomic E-state index is 12.6. The summed E-state index contributed by atoms with van der Waals surface area (Å²) in [6.45, 7) is 3.08. The molecule has 1 saturated carbocycles. The molecule has 3 rings (SSSR count). The van der Waals surface area contributed by atoms with Gasteiger partial charge in [-0.3, -0.25) is 4.79 Å². The van der Waals surface area contributed by atoms with Gasteiger partial charge in [0.1, 0.15) is 0 Å². The van der Waals surface area contributed by atoms with Crippen molar-refractivity contribution in [2.24, 2.45) is 11.8 Å². The van der Waals surface area contributed by atoms with Crippen LogP contribution in [-0.4, -0.2) is 36.5 Å². The number of nitrogens with one attached hydrogen (secondary N) is 1. The minimum Gasteiger partial charge on any atom is -0.339 e. The van der Waals surface area contributed by atoms with E-state index in [-0.39, 0.29) is 0 Å². The number of piperidine rings is 2. The number of hydrogen-bond donors (Lipinski definition) is 1. The molecular weight excluding hydrogens is 212 g/mol. The van der Waals surface area contributed by atoms with E-state index < -0.39 is 0 Å². The molecule has 0 spiro atoms. The van der Waals surface area contributed by atoms with E-state index in [1.165, 1.54) is 32.1 Å². The molecule has 0 aromatic rings. The maximum Gasteiger partial charge on any atom is 0.226 e. The average molecular weight is 236 g/mol. The Hall–Kier alpha value is -0.570. The molecule has 2 atom stereocenters. The Bertz CT molecular complexity index is 286. The fourth-order valence-electron chi connectivity index (χ4n) is 4.03. The number of rotatable bonds is 1. The minimum absolute atomic E-state index is 0.315. The van der Waals surface area contributed by atoms with Crippen LogP contribution in [0.15, 0.2) is 0 Å². The SMILES string of the molecule is O=C(C1CCNCC1)N1CCCC2CCCC21. The summed E-state index contributed by atoms with van der Waals surface area (Å²) < 4.78 is 0. The van der Waals surface area contributed by atoms with Gasteiger partial charge in [0.25, 0.3) is 0 Å². The lowest BCUT2D eigenvalue weighted by Crippen LogP contribution is -2.50. The first-order chi connectivity index (χ1) is 8.36. The summed E-state index contributed by atoms with van der Waals surface area (Å²) in [4.78, 5) is 14.9. The fraction of sp³-hybridized carbons (Fsp3) is 0.929. The largest absolute Gasteiger partial charge is 0.339 e. The van der Waals surface area contributed by atoms with Gasteiger partial charge in [-0.1, -0.05) is 6.42 Å². The smallest absolute Gasteiger partial charge is 0.226 e. The molecule has 3 aliphatic rings. The first-order valence-corrected chi connectivity index (χ1v) is 7.37. The molecule has 3 heteroatoms. The van der Waals surface area contributed by atoms with E-state index in [0.717, 1.165) is 38.4 Å². The van der Waals surface area contributed by atoms with E-state index in [4.69, 9.17) is 0 Å². The first-order valence-electron chi connectivity index (χ1n) is 7.37. The molecule has 3 nitrogen and oxygen atoms in total. The lowest BCUT2D eigenvalue weighted by molar-refractivity contribution is -0.141. The monoisotopic (exact) mass is 236 g/mol. The molecule has 1 aliphatic carbocycles. The number of likely N-dealkylation sites (tertiary alicyclic amines) is 1. The van der Waals surface area contributed by atoms with Crippen LogP contribution in [0, 0.1) is 11.8 Å². The zero-order valence-electron chi connectivity index (χ0n) is 10.7. The Labute approximate surface area is 104 Å². The second kappa shape index (κ2) is 4.97. The first kappa shape index (κ1) is 11.5. The Morgan fingerprint density at radius 2 is 1.76 bits per heavy atom. The van der Waals surface area contributed by atoms with Crippen LogP contribution < -0.4 is 5.32 Å². The van der Waals surface area contributed by atoms with Crippen LogP contribution in [0.2, 0.25) is 0 Å². The van der Waals surface area contributed by atoms with Crippen LogP contribution in [0.5, 0.6) is 0 Å². The quantitative estimate of drug-likeness (QED) is 0.752. The van der Waals surface area contributed by atoms with E-state index in [9.17, 15) is 4.79 Å². The summed E-state index contributed by atoms with van der Waals surface area (Å²) in [5.41, 5.74) is 0. The normalized spacial score (nSPS) is 34.7. The highest BCUT2D eigenvalue weighted by molar-refractivity contribution is 5.79. The molecular formula is C14H24N2O. The number of fused-ring (bicyclic) bond motifs is 1. The molecule has 0 aromatic carbocycles. The van der Waals surface area contributed by atoms with Crippen LogP contribution in [0.25, 0.3) is 0 Å². The molecule has 2 saturated heterocycles. The molecule has 0 radical (unpaired) electrons. The Balaban J connectivity index is 1.67. The van der Waals surface area contributed by atoms with Gasteiger partial charge >= 0.3 is 0 Å². The van der Waals surface area contributed by atoms with Crippen molar-refractivity contribution in [2.75, 3.05) is 19.6 Å². The minimum atomic E-state index is 0.315. The van der Waals surface area contributed by atoms with Gasteiger partial charge in [0, 0.05) is 18.5 Å². The molecule has 2 heterocycles. The standard InChI is InChI=1S/C14H24N2O/c17-14(12-6-8-15-9-7-12)16-10-2-4-11-3-1-5-13(11)16/h11-13,15H,1-10H2. The zero-order valence-corrected chi connectivity index (χ0v) is 10.7. The van der Waals surface area contributed by atoms with Crippen molar-refractivity contribution in [3.8, 4) is 0 Å². The topological polar surface area (TPSA) is 32.3 Å². The van der Waals surface area contributed by atoms with Gasteiger partial charge in [-0.05, 0) is 57.5 Å². The van der Waals surface area contributed by atoms with Crippen molar-refractivity contribution >= 4 is 5.91 Å². The molecule has 0 bridgehead atoms. The fourth-order valence-corrected chi connectivity index (χ4v) is 4.03. The van der Waals surface area contributed by atoms with Gasteiger partial charge < -0.3 is 10.2 Å². The Morgan fingerprint density at radius 1 is 1.00 bits per heavy atom. The molecule has 1 N–H and O–H groups in total. The van der Waals surface area contributed by atoms with Gasteiger partial charge in [-0.15, -0.1) is 0 Å². The van der Waals surface area contributed by atoms with Gasteiger partial charge in [0.2, 0.25) is 5.91 Å². The van der Waals surface area contributed by atoms with Crippen molar-refractivity contribution in [1.29, 1.82) is 0 Å². The molecule has 0 aromatic heterocycles. The van der Waals surface area contributed by atoms with E-state index in [2.05, 4.69) is 10.2 Å². The summed E-state index contributed by atoms with van der Waals surface area (Å²) in [6, 6.07) is 0.603. The van der Waals surface area contributed by atoms with Crippen LogP contribution >= 0.6 is 0 Å². The van der Waals surface area contributed by atoms with Gasteiger partial charge in [-0.2, -0.15) is 0 Å². The number of nitrogens with zero attached hydrogens (tertiary/aromatic N) is 1. The van der Waals surface area contributed by atoms with Crippen molar-refractivity contribution in [3.63, 3.8) is 0 Å². The van der Waals surface area contributed by atoms with Crippen molar-refractivity contribution in [3.05, 3.63) is 0 Å². The summed E-state index contributed by atoms with van der Waals surface area (Å²) in [5, 5.41) is 3.35. The lowest BCUT2D eigenvalue weighted by atomic mass is 9.89. The number of amides is 1. The molecule has 1 amide bonds. The average Bonchev–Trinajstić information content (AvgIpc) is 2.87. The van der Waals surface area contributed by atoms with Gasteiger partial charge in [0.05, 0.1) is 0 Å². The molecule has 96 valence electrons. The predicted molar refractivity (Wildman–Crippen MR) is 67.7 cm³/mol. The van der Waals surface area contributed by atoms with E-state index in [1.54, 1.807) is 0 Å². The molecule has 2 unspecified atom stereocenters. The summed E-state index contributed by atoms with van der Waals surface area (Å²) in [7, 11) is 0. The van der Waals surface area contributed by atoms with Crippen LogP contribution in [-0.2, 0) is 4.79 Å². The highest BCUT2D eigenvalue weighted by atomic mass is 16.2. The second-order valence-corrected chi connectivity index (χ2v) is 5.96. The predicted octanol–water partition coefficient (Wildman–Crippen LogP) is 1.78. The van der Waals surface area contributed by atoms with Crippen LogP contribution in [0.1, 0.15) is 44.9 Å². The summed E-state index contributed by atoms with van der Waals surface area (Å²) >= 11 is 0. The molecule has 17 heavy (non-hydrogen) atoms. The zero-order chi connectivity index (χ0) is 11.7. The van der Waals surface area contributed by atoms with Gasteiger partial charge in [-0.25, -0.2) is 0 Å². The van der Waals surface area contributed by atoms with Crippen molar-refractivity contribution in [2.45, 2.75) is 51.0 Å². The van der Waals surface area contributed by atoms with E-state index in [0.29, 0.717) is 17.9 Å². The van der Waals surface area contributed by atoms with E-state index >= 15 is 0 Å². The third-order valence-corrected chi connectivity index (χ3v) is 4.96. The summed E-state index contributed by atoms with van der Waals surface area (Å²) in [6.07, 6.45) is 8.66. The lowest BCUT2D eigenvalue weighted by Gasteiger charge is -2.40. The number of hydrogen-bond acceptors (Lipinski definition) is 2. The second-order valence-electron chi connectivity index (χ2n) is 5.96. The van der Waals surface area contributed by atoms with Crippen LogP contribution in [0.4, 0.5) is 0 Å². The van der Waals surface area contributed by atoms with Gasteiger partial charge in [0.15, 0.2) is 0 Å². The molecule has 3 fully saturated rings.